The molecule has 10 heteroatoms. The molecule has 0 spiro atoms. The van der Waals surface area contributed by atoms with Gasteiger partial charge in [-0.2, -0.15) is 8.42 Å². The lowest BCUT2D eigenvalue weighted by Crippen LogP contribution is -2.44. The van der Waals surface area contributed by atoms with E-state index in [2.05, 4.69) is 29.6 Å². The molecule has 1 aliphatic heterocycles. The van der Waals surface area contributed by atoms with E-state index in [0.29, 0.717) is 13.3 Å². The number of nitrogens with zero attached hydrogens (tertiary/aromatic N) is 2. The van der Waals surface area contributed by atoms with Gasteiger partial charge in [-0.05, 0) is 19.4 Å². The highest BCUT2D eigenvalue weighted by molar-refractivity contribution is 7.85. The molecule has 1 rings (SSSR count). The lowest BCUT2D eigenvalue weighted by Gasteiger charge is -2.28. The predicted octanol–water partition coefficient (Wildman–Crippen LogP) is 2.27. The molecule has 9 nitrogen and oxygen atoms in total. The third-order valence-electron chi connectivity index (χ3n) is 4.10. The van der Waals surface area contributed by atoms with Crippen LogP contribution in [0.2, 0.25) is 0 Å². The van der Waals surface area contributed by atoms with Crippen LogP contribution in [0.1, 0.15) is 65.7 Å². The largest absolute Gasteiger partial charge is 0.858 e. The number of esters is 1. The van der Waals surface area contributed by atoms with Gasteiger partial charge in [-0.15, -0.1) is 4.40 Å². The van der Waals surface area contributed by atoms with E-state index in [0.717, 1.165) is 30.1 Å². The van der Waals surface area contributed by atoms with Gasteiger partial charge in [-0.3, -0.25) is 4.79 Å². The molecule has 0 aliphatic carbocycles. The number of carbonyl (C=O) groups is 1. The fourth-order valence-electron chi connectivity index (χ4n) is 2.49. The second kappa shape index (κ2) is 15.2. The van der Waals surface area contributed by atoms with Crippen LogP contribution in [-0.2, 0) is 28.8 Å². The minimum Gasteiger partial charge on any atom is -0.858 e. The van der Waals surface area contributed by atoms with Gasteiger partial charge in [0.25, 0.3) is 0 Å². The number of quaternary nitrogens is 1. The van der Waals surface area contributed by atoms with Crippen LogP contribution in [0.5, 0.6) is 0 Å². The van der Waals surface area contributed by atoms with Gasteiger partial charge in [0.2, 0.25) is 0 Å². The zero-order valence-corrected chi connectivity index (χ0v) is 19.8. The number of hydrogen-bond acceptors (Lipinski definition) is 7. The Balaban J connectivity index is 0.000000696. The molecule has 1 aliphatic rings. The van der Waals surface area contributed by atoms with Crippen LogP contribution in [0.25, 0.3) is 0 Å². The van der Waals surface area contributed by atoms with Gasteiger partial charge in [-0.25, -0.2) is 0 Å². The number of allylic oxidation sites excluding steroid dienone is 1. The monoisotopic (exact) mass is 450 g/mol. The lowest BCUT2D eigenvalue weighted by molar-refractivity contribution is -0.909. The van der Waals surface area contributed by atoms with Gasteiger partial charge < -0.3 is 23.2 Å². The van der Waals surface area contributed by atoms with E-state index < -0.39 is 16.2 Å². The number of unbranched alkanes of at least 4 members (excludes halogenated alkanes) is 6. The van der Waals surface area contributed by atoms with E-state index in [1.165, 1.54) is 52.4 Å². The first-order valence-corrected chi connectivity index (χ1v) is 11.8. The average molecular weight is 451 g/mol. The standard InChI is InChI=1S/C16H34NO3.C4H5NO4S/c1-5-6-7-8-9-10-11-13-19-15-17(3,4)12-14-20-16(2)18;1-3-2-4(6)5-10(7,8)9-3/h5-15H2,1-4H3;2H,1H3,(H,5,6)/q+1;/p-1. The number of ether oxygens (including phenoxy) is 2. The summed E-state index contributed by atoms with van der Waals surface area (Å²) in [6, 6.07) is 0. The van der Waals surface area contributed by atoms with Gasteiger partial charge in [-0.1, -0.05) is 45.4 Å². The van der Waals surface area contributed by atoms with Gasteiger partial charge >= 0.3 is 16.3 Å². The Kier molecular flexibility index (Phi) is 14.4. The molecule has 0 saturated heterocycles. The summed E-state index contributed by atoms with van der Waals surface area (Å²) in [5.41, 5.74) is 0. The maximum Gasteiger partial charge on any atom is 0.427 e. The Morgan fingerprint density at radius 1 is 1.13 bits per heavy atom. The summed E-state index contributed by atoms with van der Waals surface area (Å²) in [6.07, 6.45) is 10.2. The number of hydrogen-bond donors (Lipinski definition) is 0. The maximum atomic E-state index is 10.7. The van der Waals surface area contributed by atoms with Gasteiger partial charge in [0.05, 0.1) is 20.7 Å². The van der Waals surface area contributed by atoms with Crippen molar-refractivity contribution in [2.45, 2.75) is 65.7 Å². The first kappa shape index (κ1) is 28.4. The van der Waals surface area contributed by atoms with Crippen molar-refractivity contribution in [2.24, 2.45) is 4.40 Å². The Bertz CT molecular complexity index is 658. The van der Waals surface area contributed by atoms with Crippen LogP contribution in [0, 0.1) is 0 Å². The van der Waals surface area contributed by atoms with Gasteiger partial charge in [0.1, 0.15) is 18.9 Å². The van der Waals surface area contributed by atoms with Crippen molar-refractivity contribution in [1.82, 2.24) is 0 Å². The van der Waals surface area contributed by atoms with Gasteiger partial charge in [0.15, 0.2) is 6.73 Å². The topological polar surface area (TPSA) is 114 Å². The highest BCUT2D eigenvalue weighted by Gasteiger charge is 2.15. The van der Waals surface area contributed by atoms with E-state index in [4.69, 9.17) is 9.47 Å². The van der Waals surface area contributed by atoms with E-state index in [-0.39, 0.29) is 11.7 Å². The quantitative estimate of drug-likeness (QED) is 0.183. The molecule has 0 saturated carbocycles. The summed E-state index contributed by atoms with van der Waals surface area (Å²) in [7, 11) is 0.209. The highest BCUT2D eigenvalue weighted by Crippen LogP contribution is 2.09. The van der Waals surface area contributed by atoms with Crippen LogP contribution in [0.15, 0.2) is 16.2 Å². The summed E-state index contributed by atoms with van der Waals surface area (Å²) in [4.78, 5) is 10.7. The molecule has 0 aromatic heterocycles. The van der Waals surface area contributed by atoms with Crippen molar-refractivity contribution in [3.05, 3.63) is 11.8 Å². The lowest BCUT2D eigenvalue weighted by atomic mass is 10.1. The number of rotatable bonds is 13. The van der Waals surface area contributed by atoms with Crippen LogP contribution in [-0.4, -0.2) is 65.4 Å². The number of carbonyl (C=O) groups excluding carboxylic acids is 1. The SMILES string of the molecule is CC1=CC([O-])=NS(=O)(=O)O1.CCCCCCCCCOC[N+](C)(C)CCOC(C)=O. The molecule has 0 aromatic rings. The van der Waals surface area contributed by atoms with Crippen molar-refractivity contribution < 1.29 is 36.5 Å². The minimum atomic E-state index is -3.97. The molecule has 0 aromatic carbocycles. The molecular weight excluding hydrogens is 412 g/mol. The molecule has 0 N–H and O–H groups in total. The Morgan fingerprint density at radius 3 is 2.27 bits per heavy atom. The van der Waals surface area contributed by atoms with Crippen LogP contribution in [0.3, 0.4) is 0 Å². The van der Waals surface area contributed by atoms with Crippen LogP contribution >= 0.6 is 0 Å². The van der Waals surface area contributed by atoms with Crippen molar-refractivity contribution in [3.63, 3.8) is 0 Å². The summed E-state index contributed by atoms with van der Waals surface area (Å²) in [5, 5.41) is 10.4. The zero-order chi connectivity index (χ0) is 23.0. The van der Waals surface area contributed by atoms with Crippen molar-refractivity contribution >= 4 is 22.2 Å². The molecule has 176 valence electrons. The first-order chi connectivity index (χ1) is 14.0. The van der Waals surface area contributed by atoms with E-state index in [1.54, 1.807) is 0 Å². The molecule has 0 amide bonds. The molecule has 30 heavy (non-hydrogen) atoms. The molecular formula is C20H38N2O7S. The minimum absolute atomic E-state index is 0.0417. The molecule has 0 fully saturated rings. The van der Waals surface area contributed by atoms with Crippen LogP contribution < -0.4 is 5.11 Å². The fourth-order valence-corrected chi connectivity index (χ4v) is 3.18. The summed E-state index contributed by atoms with van der Waals surface area (Å²) >= 11 is 0. The second-order valence-corrected chi connectivity index (χ2v) is 9.06. The molecule has 1 heterocycles. The van der Waals surface area contributed by atoms with Crippen molar-refractivity contribution in [1.29, 1.82) is 0 Å². The van der Waals surface area contributed by atoms with Crippen molar-refractivity contribution in [3.8, 4) is 0 Å². The highest BCUT2D eigenvalue weighted by atomic mass is 32.2. The third kappa shape index (κ3) is 17.2. The van der Waals surface area contributed by atoms with E-state index >= 15 is 0 Å². The zero-order valence-electron chi connectivity index (χ0n) is 19.0. The fraction of sp³-hybridized carbons (Fsp3) is 0.800. The van der Waals surface area contributed by atoms with Gasteiger partial charge in [0, 0.05) is 12.8 Å². The average Bonchev–Trinajstić information content (AvgIpc) is 2.58. The van der Waals surface area contributed by atoms with Crippen molar-refractivity contribution in [2.75, 3.05) is 40.6 Å². The smallest absolute Gasteiger partial charge is 0.427 e. The predicted molar refractivity (Wildman–Crippen MR) is 114 cm³/mol. The molecule has 0 unspecified atom stereocenters. The van der Waals surface area contributed by atoms with Crippen LogP contribution in [0.4, 0.5) is 0 Å². The van der Waals surface area contributed by atoms with E-state index in [1.807, 2.05) is 0 Å². The summed E-state index contributed by atoms with van der Waals surface area (Å²) in [6.45, 7) is 7.82. The molecule has 0 bridgehead atoms. The normalized spacial score (nSPS) is 15.2. The summed E-state index contributed by atoms with van der Waals surface area (Å²) < 4.78 is 39.1. The molecule has 0 radical (unpaired) electrons. The first-order valence-electron chi connectivity index (χ1n) is 10.4. The third-order valence-corrected chi connectivity index (χ3v) is 4.98. The van der Waals surface area contributed by atoms with E-state index in [9.17, 15) is 18.3 Å². The summed E-state index contributed by atoms with van der Waals surface area (Å²) in [5.74, 6) is -0.974. The Morgan fingerprint density at radius 2 is 1.73 bits per heavy atom. The second-order valence-electron chi connectivity index (χ2n) is 7.85. The Hall–Kier alpha value is -1.65. The molecule has 0 atom stereocenters. The number of likely N-dealkylation sites (N-methyl/N-ethyl adjacent to an activating group) is 1. The maximum absolute atomic E-state index is 10.7. The Labute approximate surface area is 181 Å².